The second-order valence-corrected chi connectivity index (χ2v) is 6.28. The summed E-state index contributed by atoms with van der Waals surface area (Å²) in [5.74, 6) is -0.107. The van der Waals surface area contributed by atoms with E-state index in [1.807, 2.05) is 0 Å². The van der Waals surface area contributed by atoms with Gasteiger partial charge in [0.15, 0.2) is 9.84 Å². The molecule has 0 fully saturated rings. The van der Waals surface area contributed by atoms with Crippen LogP contribution in [0, 0.1) is 0 Å². The molecule has 0 aliphatic carbocycles. The van der Waals surface area contributed by atoms with Gasteiger partial charge in [0, 0.05) is 12.3 Å². The summed E-state index contributed by atoms with van der Waals surface area (Å²) in [6.45, 7) is 1.32. The maximum absolute atomic E-state index is 11.7. The van der Waals surface area contributed by atoms with Crippen LogP contribution in [0.1, 0.15) is 6.92 Å². The van der Waals surface area contributed by atoms with E-state index in [1.54, 1.807) is 12.1 Å². The van der Waals surface area contributed by atoms with E-state index in [2.05, 4.69) is 5.32 Å². The Morgan fingerprint density at radius 1 is 1.44 bits per heavy atom. The fourth-order valence-corrected chi connectivity index (χ4v) is 1.65. The maximum Gasteiger partial charge on any atom is 0.242 e. The molecule has 100 valence electrons. The van der Waals surface area contributed by atoms with Gasteiger partial charge < -0.3 is 15.8 Å². The number of amides is 1. The maximum atomic E-state index is 11.7. The van der Waals surface area contributed by atoms with Crippen LogP contribution >= 0.6 is 0 Å². The minimum Gasteiger partial charge on any atom is -0.497 e. The van der Waals surface area contributed by atoms with Crippen LogP contribution in [0.3, 0.4) is 0 Å². The number of hydrogen-bond donors (Lipinski definition) is 2. The molecular weight excluding hydrogens is 256 g/mol. The van der Waals surface area contributed by atoms with Gasteiger partial charge in [-0.15, -0.1) is 0 Å². The van der Waals surface area contributed by atoms with Gasteiger partial charge in [-0.25, -0.2) is 8.42 Å². The van der Waals surface area contributed by atoms with E-state index in [4.69, 9.17) is 10.5 Å². The Morgan fingerprint density at radius 2 is 2.06 bits per heavy atom. The second kappa shape index (κ2) is 5.26. The van der Waals surface area contributed by atoms with Crippen molar-refractivity contribution in [2.45, 2.75) is 12.2 Å². The lowest BCUT2D eigenvalue weighted by Gasteiger charge is -2.13. The topological polar surface area (TPSA) is 98.5 Å². The lowest BCUT2D eigenvalue weighted by atomic mass is 10.2. The Kier molecular flexibility index (Phi) is 4.18. The van der Waals surface area contributed by atoms with Crippen molar-refractivity contribution < 1.29 is 17.9 Å². The molecule has 0 saturated carbocycles. The lowest BCUT2D eigenvalue weighted by molar-refractivity contribution is -0.115. The molecular formula is C11H16N2O4S. The predicted molar refractivity (Wildman–Crippen MR) is 70.3 cm³/mol. The number of carbonyl (C=O) groups excluding carboxylic acids is 1. The molecule has 0 aliphatic heterocycles. The normalized spacial score (nSPS) is 12.8. The number of rotatable bonds is 4. The van der Waals surface area contributed by atoms with Gasteiger partial charge in [0.05, 0.1) is 18.5 Å². The fourth-order valence-electron chi connectivity index (χ4n) is 1.20. The van der Waals surface area contributed by atoms with Crippen molar-refractivity contribution in [1.82, 2.24) is 0 Å². The van der Waals surface area contributed by atoms with Crippen molar-refractivity contribution in [3.63, 3.8) is 0 Å². The molecule has 0 radical (unpaired) electrons. The molecule has 1 unspecified atom stereocenters. The average Bonchev–Trinajstić information content (AvgIpc) is 2.29. The SMILES string of the molecule is COc1ccc(N)c(NC(=O)C(C)S(C)(=O)=O)c1. The Hall–Kier alpha value is -1.76. The van der Waals surface area contributed by atoms with Crippen LogP contribution in [0.25, 0.3) is 0 Å². The molecule has 7 heteroatoms. The quantitative estimate of drug-likeness (QED) is 0.784. The molecule has 0 aromatic heterocycles. The van der Waals surface area contributed by atoms with Crippen LogP contribution in [0.2, 0.25) is 0 Å². The molecule has 0 aliphatic rings. The minimum absolute atomic E-state index is 0.329. The van der Waals surface area contributed by atoms with Gasteiger partial charge in [0.1, 0.15) is 11.0 Å². The third-order valence-corrected chi connectivity index (χ3v) is 4.03. The zero-order chi connectivity index (χ0) is 13.9. The van der Waals surface area contributed by atoms with Crippen LogP contribution in [-0.4, -0.2) is 32.9 Å². The van der Waals surface area contributed by atoms with Crippen LogP contribution in [0.15, 0.2) is 18.2 Å². The number of benzene rings is 1. The van der Waals surface area contributed by atoms with E-state index in [-0.39, 0.29) is 0 Å². The molecule has 0 saturated heterocycles. The third-order valence-electron chi connectivity index (χ3n) is 2.53. The van der Waals surface area contributed by atoms with E-state index in [9.17, 15) is 13.2 Å². The van der Waals surface area contributed by atoms with Crippen LogP contribution in [-0.2, 0) is 14.6 Å². The molecule has 6 nitrogen and oxygen atoms in total. The zero-order valence-corrected chi connectivity index (χ0v) is 11.2. The molecule has 0 spiro atoms. The zero-order valence-electron chi connectivity index (χ0n) is 10.4. The highest BCUT2D eigenvalue weighted by Crippen LogP contribution is 2.24. The molecule has 1 amide bonds. The number of hydrogen-bond acceptors (Lipinski definition) is 5. The van der Waals surface area contributed by atoms with E-state index in [1.165, 1.54) is 20.1 Å². The Labute approximate surface area is 106 Å². The van der Waals surface area contributed by atoms with Gasteiger partial charge in [-0.1, -0.05) is 0 Å². The summed E-state index contributed by atoms with van der Waals surface area (Å²) in [7, 11) is -1.95. The molecule has 1 rings (SSSR count). The van der Waals surface area contributed by atoms with Gasteiger partial charge in [0.2, 0.25) is 5.91 Å². The summed E-state index contributed by atoms with van der Waals surface area (Å²) in [5.41, 5.74) is 6.35. The summed E-state index contributed by atoms with van der Waals surface area (Å²) in [4.78, 5) is 11.7. The first-order chi connectivity index (χ1) is 8.25. The van der Waals surface area contributed by atoms with Crippen LogP contribution in [0.5, 0.6) is 5.75 Å². The number of nitrogen functional groups attached to an aromatic ring is 1. The largest absolute Gasteiger partial charge is 0.497 e. The Bertz CT molecular complexity index is 554. The van der Waals surface area contributed by atoms with Crippen molar-refractivity contribution in [3.05, 3.63) is 18.2 Å². The molecule has 1 aromatic carbocycles. The van der Waals surface area contributed by atoms with Crippen LogP contribution < -0.4 is 15.8 Å². The van der Waals surface area contributed by atoms with Gasteiger partial charge in [0.25, 0.3) is 0 Å². The van der Waals surface area contributed by atoms with Crippen molar-refractivity contribution in [1.29, 1.82) is 0 Å². The summed E-state index contributed by atoms with van der Waals surface area (Å²) >= 11 is 0. The number of carbonyl (C=O) groups is 1. The first-order valence-corrected chi connectivity index (χ1v) is 7.14. The molecule has 18 heavy (non-hydrogen) atoms. The average molecular weight is 272 g/mol. The highest BCUT2D eigenvalue weighted by molar-refractivity contribution is 7.92. The van der Waals surface area contributed by atoms with Crippen molar-refractivity contribution in [2.24, 2.45) is 0 Å². The predicted octanol–water partition coefficient (Wildman–Crippen LogP) is 0.649. The van der Waals surface area contributed by atoms with Crippen molar-refractivity contribution >= 4 is 27.1 Å². The number of ether oxygens (including phenoxy) is 1. The van der Waals surface area contributed by atoms with Gasteiger partial charge in [-0.3, -0.25) is 4.79 Å². The minimum atomic E-state index is -3.43. The fraction of sp³-hybridized carbons (Fsp3) is 0.364. The van der Waals surface area contributed by atoms with Crippen LogP contribution in [0.4, 0.5) is 11.4 Å². The monoisotopic (exact) mass is 272 g/mol. The Balaban J connectivity index is 2.95. The highest BCUT2D eigenvalue weighted by Gasteiger charge is 2.24. The molecule has 3 N–H and O–H groups in total. The van der Waals surface area contributed by atoms with Gasteiger partial charge in [-0.05, 0) is 19.1 Å². The third kappa shape index (κ3) is 3.36. The smallest absolute Gasteiger partial charge is 0.242 e. The lowest BCUT2D eigenvalue weighted by Crippen LogP contribution is -2.32. The van der Waals surface area contributed by atoms with E-state index in [0.717, 1.165) is 6.26 Å². The van der Waals surface area contributed by atoms with Gasteiger partial charge in [-0.2, -0.15) is 0 Å². The first kappa shape index (κ1) is 14.3. The van der Waals surface area contributed by atoms with E-state index in [0.29, 0.717) is 17.1 Å². The Morgan fingerprint density at radius 3 is 2.56 bits per heavy atom. The standard InChI is InChI=1S/C11H16N2O4S/c1-7(18(3,15)16)11(14)13-10-6-8(17-2)4-5-9(10)12/h4-7H,12H2,1-3H3,(H,13,14). The summed E-state index contributed by atoms with van der Waals surface area (Å²) in [5, 5.41) is 1.33. The van der Waals surface area contributed by atoms with E-state index >= 15 is 0 Å². The van der Waals surface area contributed by atoms with E-state index < -0.39 is 21.0 Å². The number of anilines is 2. The first-order valence-electron chi connectivity index (χ1n) is 5.19. The van der Waals surface area contributed by atoms with Crippen molar-refractivity contribution in [3.8, 4) is 5.75 Å². The highest BCUT2D eigenvalue weighted by atomic mass is 32.2. The number of nitrogens with one attached hydrogen (secondary N) is 1. The summed E-state index contributed by atoms with van der Waals surface area (Å²) in [6.07, 6.45) is 1.01. The number of sulfone groups is 1. The van der Waals surface area contributed by atoms with Gasteiger partial charge >= 0.3 is 0 Å². The summed E-state index contributed by atoms with van der Waals surface area (Å²) < 4.78 is 27.5. The molecule has 0 bridgehead atoms. The molecule has 1 atom stereocenters. The number of nitrogens with two attached hydrogens (primary N) is 1. The van der Waals surface area contributed by atoms with Crippen molar-refractivity contribution in [2.75, 3.05) is 24.4 Å². The summed E-state index contributed by atoms with van der Waals surface area (Å²) in [6, 6.07) is 4.74. The molecule has 0 heterocycles. The molecule has 1 aromatic rings. The second-order valence-electron chi connectivity index (χ2n) is 3.91. The number of methoxy groups -OCH3 is 1.